The van der Waals surface area contributed by atoms with E-state index in [1.54, 1.807) is 0 Å². The zero-order chi connectivity index (χ0) is 14.7. The van der Waals surface area contributed by atoms with Crippen LogP contribution in [-0.4, -0.2) is 14.3 Å². The lowest BCUT2D eigenvalue weighted by Gasteiger charge is -2.51. The molecule has 2 nitrogen and oxygen atoms in total. The van der Waals surface area contributed by atoms with Crippen LogP contribution in [0.25, 0.3) is 0 Å². The summed E-state index contributed by atoms with van der Waals surface area (Å²) < 4.78 is 6.02. The van der Waals surface area contributed by atoms with E-state index in [4.69, 9.17) is 4.43 Å². The van der Waals surface area contributed by atoms with E-state index in [2.05, 4.69) is 62.0 Å². The molecule has 0 aliphatic heterocycles. The largest absolute Gasteiger partial charge is 0.515 e. The predicted molar refractivity (Wildman–Crippen MR) is 81.1 cm³/mol. The number of rotatable bonds is 6. The smallest absolute Gasteiger partial charge is 0.316 e. The van der Waals surface area contributed by atoms with Gasteiger partial charge in [-0.2, -0.15) is 0 Å². The van der Waals surface area contributed by atoms with E-state index in [1.807, 2.05) is 0 Å². The van der Waals surface area contributed by atoms with Crippen LogP contribution in [0.1, 0.15) is 55.4 Å². The molecule has 3 heteroatoms. The number of hydrogen-bond donors (Lipinski definition) is 0. The van der Waals surface area contributed by atoms with Crippen molar-refractivity contribution in [3.05, 3.63) is 12.7 Å². The van der Waals surface area contributed by atoms with Gasteiger partial charge in [-0.1, -0.05) is 62.0 Å². The molecule has 18 heavy (non-hydrogen) atoms. The normalized spacial score (nSPS) is 13.3. The third-order valence-electron chi connectivity index (χ3n) is 4.60. The Morgan fingerprint density at radius 2 is 1.50 bits per heavy atom. The molecular formula is C15H30O2Si. The van der Waals surface area contributed by atoms with E-state index >= 15 is 0 Å². The van der Waals surface area contributed by atoms with Crippen LogP contribution in [0, 0.1) is 5.92 Å². The molecule has 0 rings (SSSR count). The van der Waals surface area contributed by atoms with Crippen LogP contribution in [0.3, 0.4) is 0 Å². The number of hydrogen-bond acceptors (Lipinski definition) is 2. The average Bonchev–Trinajstić information content (AvgIpc) is 2.23. The summed E-state index contributed by atoms with van der Waals surface area (Å²) in [6, 6.07) is 0. The predicted octanol–water partition coefficient (Wildman–Crippen LogP) is 4.92. The molecule has 0 heterocycles. The molecule has 0 atom stereocenters. The highest BCUT2D eigenvalue weighted by molar-refractivity contribution is 6.80. The molecule has 0 aromatic heterocycles. The van der Waals surface area contributed by atoms with Crippen molar-refractivity contribution in [2.45, 2.75) is 71.5 Å². The van der Waals surface area contributed by atoms with Crippen molar-refractivity contribution in [3.63, 3.8) is 0 Å². The van der Waals surface area contributed by atoms with Gasteiger partial charge in [0, 0.05) is 6.08 Å². The summed E-state index contributed by atoms with van der Waals surface area (Å²) >= 11 is 0. The zero-order valence-electron chi connectivity index (χ0n) is 13.3. The van der Waals surface area contributed by atoms with Gasteiger partial charge in [-0.3, -0.25) is 0 Å². The Morgan fingerprint density at radius 3 is 1.72 bits per heavy atom. The van der Waals surface area contributed by atoms with Crippen LogP contribution in [-0.2, 0) is 9.22 Å². The fraction of sp³-hybridized carbons (Fsp3) is 0.800. The second-order valence-corrected chi connectivity index (χ2v) is 12.0. The fourth-order valence-electron chi connectivity index (χ4n) is 3.18. The molecule has 0 N–H and O–H groups in total. The topological polar surface area (TPSA) is 26.3 Å². The summed E-state index contributed by atoms with van der Waals surface area (Å²) in [5, 5.41) is 0.0357. The molecule has 0 aliphatic carbocycles. The maximum Gasteiger partial charge on any atom is 0.316 e. The van der Waals surface area contributed by atoms with Crippen LogP contribution < -0.4 is 0 Å². The summed E-state index contributed by atoms with van der Waals surface area (Å²) in [4.78, 5) is 11.8. The third kappa shape index (κ3) is 2.87. The van der Waals surface area contributed by atoms with Crippen LogP contribution in [0.4, 0.5) is 0 Å². The molecule has 0 aromatic rings. The molecule has 106 valence electrons. The first-order valence-corrected chi connectivity index (χ1v) is 8.95. The van der Waals surface area contributed by atoms with Gasteiger partial charge in [0.05, 0.1) is 0 Å². The van der Waals surface area contributed by atoms with Gasteiger partial charge in [0.1, 0.15) is 0 Å². The second kappa shape index (κ2) is 6.05. The van der Waals surface area contributed by atoms with Crippen LogP contribution >= 0.6 is 0 Å². The Bertz CT molecular complexity index is 296. The van der Waals surface area contributed by atoms with Gasteiger partial charge in [0.25, 0.3) is 8.32 Å². The van der Waals surface area contributed by atoms with Crippen LogP contribution in [0.5, 0.6) is 0 Å². The number of carbonyl (C=O) groups excluding carboxylic acids is 1. The van der Waals surface area contributed by atoms with Crippen molar-refractivity contribution in [2.75, 3.05) is 0 Å². The quantitative estimate of drug-likeness (QED) is 0.506. The average molecular weight is 270 g/mol. The maximum absolute atomic E-state index is 11.8. The lowest BCUT2D eigenvalue weighted by atomic mass is 9.99. The number of carbonyl (C=O) groups is 1. The molecule has 0 unspecified atom stereocenters. The van der Waals surface area contributed by atoms with E-state index in [-0.39, 0.29) is 11.0 Å². The molecule has 0 spiro atoms. The van der Waals surface area contributed by atoms with Crippen molar-refractivity contribution in [1.82, 2.24) is 0 Å². The van der Waals surface area contributed by atoms with Crippen molar-refractivity contribution in [1.29, 1.82) is 0 Å². The van der Waals surface area contributed by atoms with Gasteiger partial charge in [-0.15, -0.1) is 0 Å². The molecule has 0 aliphatic rings. The molecule has 0 radical (unpaired) electrons. The monoisotopic (exact) mass is 270 g/mol. The van der Waals surface area contributed by atoms with Gasteiger partial charge in [-0.25, -0.2) is 4.79 Å². The SMILES string of the molecule is C=CC(=O)O[Si](C(C)C)(C(C)C)C(C)(C)C(C)C. The highest BCUT2D eigenvalue weighted by atomic mass is 28.4. The molecule has 0 aromatic carbocycles. The van der Waals surface area contributed by atoms with Crippen molar-refractivity contribution < 1.29 is 9.22 Å². The Labute approximate surface area is 114 Å². The van der Waals surface area contributed by atoms with Crippen molar-refractivity contribution >= 4 is 14.3 Å². The maximum atomic E-state index is 11.8. The Balaban J connectivity index is 5.79. The zero-order valence-corrected chi connectivity index (χ0v) is 14.3. The molecule has 0 saturated carbocycles. The highest BCUT2D eigenvalue weighted by Gasteiger charge is 2.57. The van der Waals surface area contributed by atoms with E-state index in [0.29, 0.717) is 17.0 Å². The first kappa shape index (κ1) is 17.4. The first-order valence-electron chi connectivity index (χ1n) is 6.89. The molecule has 0 amide bonds. The van der Waals surface area contributed by atoms with Gasteiger partial charge >= 0.3 is 5.97 Å². The van der Waals surface area contributed by atoms with Crippen molar-refractivity contribution in [3.8, 4) is 0 Å². The van der Waals surface area contributed by atoms with Crippen LogP contribution in [0.2, 0.25) is 16.1 Å². The van der Waals surface area contributed by atoms with Crippen LogP contribution in [0.15, 0.2) is 12.7 Å². The summed E-state index contributed by atoms with van der Waals surface area (Å²) in [5.74, 6) is 0.212. The van der Waals surface area contributed by atoms with Gasteiger partial charge in [0.2, 0.25) is 0 Å². The molecule has 0 bridgehead atoms. The highest BCUT2D eigenvalue weighted by Crippen LogP contribution is 2.55. The van der Waals surface area contributed by atoms with E-state index in [0.717, 1.165) is 0 Å². The Morgan fingerprint density at radius 1 is 1.11 bits per heavy atom. The van der Waals surface area contributed by atoms with E-state index in [1.165, 1.54) is 6.08 Å². The molecule has 0 fully saturated rings. The standard InChI is InChI=1S/C15H30O2Si/c1-10-14(16)17-18(12(4)5,13(6)7)15(8,9)11(2)3/h10-13H,1H2,2-9H3. The fourth-order valence-corrected chi connectivity index (χ4v) is 9.54. The third-order valence-corrected chi connectivity index (χ3v) is 11.2. The Hall–Kier alpha value is -0.573. The summed E-state index contributed by atoms with van der Waals surface area (Å²) in [6.45, 7) is 21.2. The molecule has 0 saturated heterocycles. The van der Waals surface area contributed by atoms with Gasteiger partial charge in [-0.05, 0) is 22.0 Å². The summed E-state index contributed by atoms with van der Waals surface area (Å²) in [5.41, 5.74) is 0.776. The minimum Gasteiger partial charge on any atom is -0.515 e. The van der Waals surface area contributed by atoms with Crippen molar-refractivity contribution in [2.24, 2.45) is 5.92 Å². The summed E-state index contributed by atoms with van der Waals surface area (Å²) in [6.07, 6.45) is 1.29. The molecular weight excluding hydrogens is 240 g/mol. The van der Waals surface area contributed by atoms with Gasteiger partial charge < -0.3 is 4.43 Å². The van der Waals surface area contributed by atoms with E-state index in [9.17, 15) is 4.79 Å². The minimum atomic E-state index is -2.25. The second-order valence-electron chi connectivity index (χ2n) is 6.60. The summed E-state index contributed by atoms with van der Waals surface area (Å²) in [7, 11) is -2.25. The lowest BCUT2D eigenvalue weighted by molar-refractivity contribution is -0.130. The Kier molecular flexibility index (Phi) is 5.85. The van der Waals surface area contributed by atoms with Gasteiger partial charge in [0.15, 0.2) is 0 Å². The first-order chi connectivity index (χ1) is 8.03. The van der Waals surface area contributed by atoms with E-state index < -0.39 is 8.32 Å². The lowest BCUT2D eigenvalue weighted by Crippen LogP contribution is -2.56. The minimum absolute atomic E-state index is 0.0357.